The molecule has 0 radical (unpaired) electrons. The van der Waals surface area contributed by atoms with Gasteiger partial charge in [-0.15, -0.1) is 0 Å². The fourth-order valence-electron chi connectivity index (χ4n) is 2.22. The molecule has 1 aliphatic rings. The minimum atomic E-state index is -1.48. The van der Waals surface area contributed by atoms with Crippen molar-refractivity contribution in [2.75, 3.05) is 20.8 Å². The highest BCUT2D eigenvalue weighted by atomic mass is 32.2. The van der Waals surface area contributed by atoms with Gasteiger partial charge in [0.2, 0.25) is 0 Å². The van der Waals surface area contributed by atoms with Gasteiger partial charge < -0.3 is 14.8 Å². The van der Waals surface area contributed by atoms with Crippen molar-refractivity contribution in [3.63, 3.8) is 0 Å². The van der Waals surface area contributed by atoms with Crippen molar-refractivity contribution in [3.05, 3.63) is 29.8 Å². The third kappa shape index (κ3) is 3.90. The van der Waals surface area contributed by atoms with Crippen molar-refractivity contribution in [2.45, 2.75) is 23.4 Å². The van der Waals surface area contributed by atoms with Gasteiger partial charge in [-0.05, 0) is 24.6 Å². The number of esters is 2. The molecule has 1 fully saturated rings. The topological polar surface area (TPSA) is 93.7 Å². The van der Waals surface area contributed by atoms with E-state index in [0.29, 0.717) is 23.4 Å². The van der Waals surface area contributed by atoms with Gasteiger partial charge in [-0.2, -0.15) is 0 Å². The van der Waals surface area contributed by atoms with Crippen molar-refractivity contribution in [1.29, 1.82) is 0 Å². The zero-order chi connectivity index (χ0) is 16.1. The summed E-state index contributed by atoms with van der Waals surface area (Å²) in [6, 6.07) is 5.92. The van der Waals surface area contributed by atoms with Crippen molar-refractivity contribution in [3.8, 4) is 0 Å². The van der Waals surface area contributed by atoms with E-state index < -0.39 is 17.0 Å². The van der Waals surface area contributed by atoms with Crippen LogP contribution in [0.15, 0.2) is 29.2 Å². The summed E-state index contributed by atoms with van der Waals surface area (Å²) in [5.41, 5.74) is 0.340. The Hall–Kier alpha value is -1.77. The van der Waals surface area contributed by atoms with Crippen molar-refractivity contribution in [1.82, 2.24) is 10.0 Å². The molecule has 2 N–H and O–H groups in total. The molecule has 120 valence electrons. The molecule has 0 spiro atoms. The van der Waals surface area contributed by atoms with Crippen LogP contribution >= 0.6 is 0 Å². The van der Waals surface area contributed by atoms with Gasteiger partial charge in [0.05, 0.1) is 24.7 Å². The quantitative estimate of drug-likeness (QED) is 0.739. The Bertz CT molecular complexity index is 592. The molecule has 0 amide bonds. The Morgan fingerprint density at radius 2 is 2.09 bits per heavy atom. The average molecular weight is 326 g/mol. The summed E-state index contributed by atoms with van der Waals surface area (Å²) in [7, 11) is 1.15. The van der Waals surface area contributed by atoms with Crippen LogP contribution in [0.2, 0.25) is 0 Å². The van der Waals surface area contributed by atoms with E-state index in [1.807, 2.05) is 0 Å². The maximum absolute atomic E-state index is 12.3. The number of benzene rings is 1. The predicted octanol–water partition coefficient (Wildman–Crippen LogP) is -0.0111. The highest BCUT2D eigenvalue weighted by Crippen LogP contribution is 2.13. The lowest BCUT2D eigenvalue weighted by Gasteiger charge is -2.11. The minimum Gasteiger partial charge on any atom is -0.468 e. The Morgan fingerprint density at radius 3 is 2.77 bits per heavy atom. The molecule has 1 aliphatic heterocycles. The smallest absolute Gasteiger partial charge is 0.337 e. The summed E-state index contributed by atoms with van der Waals surface area (Å²) < 4.78 is 24.6. The van der Waals surface area contributed by atoms with E-state index in [2.05, 4.69) is 19.5 Å². The van der Waals surface area contributed by atoms with Gasteiger partial charge >= 0.3 is 11.9 Å². The largest absolute Gasteiger partial charge is 0.468 e. The molecule has 0 aliphatic carbocycles. The van der Waals surface area contributed by atoms with E-state index in [1.165, 1.54) is 20.3 Å². The number of ether oxygens (including phenoxy) is 2. The fourth-order valence-corrected chi connectivity index (χ4v) is 3.28. The molecule has 3 atom stereocenters. The first kappa shape index (κ1) is 16.6. The first-order chi connectivity index (χ1) is 10.5. The normalized spacial score (nSPS) is 22.1. The summed E-state index contributed by atoms with van der Waals surface area (Å²) in [5, 5.41) is 3.01. The molecule has 0 aromatic heterocycles. The molecule has 1 saturated heterocycles. The summed E-state index contributed by atoms with van der Waals surface area (Å²) in [6.07, 6.45) is 0.495. The number of methoxy groups -OCH3 is 2. The van der Waals surface area contributed by atoms with E-state index in [1.54, 1.807) is 18.2 Å². The molecule has 7 nitrogen and oxygen atoms in total. The molecule has 0 bridgehead atoms. The van der Waals surface area contributed by atoms with Gasteiger partial charge in [-0.3, -0.25) is 4.79 Å². The Labute approximate surface area is 131 Å². The number of rotatable bonds is 5. The molecule has 2 unspecified atom stereocenters. The SMILES string of the molecule is COC(=O)c1cccc(S(=O)NC2CN[C@H](C(=O)OC)C2)c1. The fraction of sp³-hybridized carbons (Fsp3) is 0.429. The summed E-state index contributed by atoms with van der Waals surface area (Å²) in [6.45, 7) is 0.516. The third-order valence-corrected chi connectivity index (χ3v) is 4.59. The average Bonchev–Trinajstić information content (AvgIpc) is 3.01. The van der Waals surface area contributed by atoms with Gasteiger partial charge in [-0.1, -0.05) is 6.07 Å². The molecule has 1 heterocycles. The minimum absolute atomic E-state index is 0.119. The Morgan fingerprint density at radius 1 is 1.32 bits per heavy atom. The van der Waals surface area contributed by atoms with Crippen molar-refractivity contribution >= 4 is 22.9 Å². The zero-order valence-corrected chi connectivity index (χ0v) is 13.1. The number of hydrogen-bond donors (Lipinski definition) is 2. The van der Waals surface area contributed by atoms with Crippen LogP contribution in [-0.4, -0.2) is 49.0 Å². The number of nitrogens with one attached hydrogen (secondary N) is 2. The molecule has 1 aromatic carbocycles. The maximum atomic E-state index is 12.3. The van der Waals surface area contributed by atoms with Crippen LogP contribution in [0, 0.1) is 0 Å². The molecule has 2 rings (SSSR count). The highest BCUT2D eigenvalue weighted by molar-refractivity contribution is 7.83. The second-order valence-electron chi connectivity index (χ2n) is 4.82. The van der Waals surface area contributed by atoms with E-state index in [0.717, 1.165) is 0 Å². The second-order valence-corrected chi connectivity index (χ2v) is 6.07. The first-order valence-corrected chi connectivity index (χ1v) is 7.87. The van der Waals surface area contributed by atoms with E-state index in [-0.39, 0.29) is 18.1 Å². The summed E-state index contributed by atoms with van der Waals surface area (Å²) >= 11 is 0. The second kappa shape index (κ2) is 7.48. The predicted molar refractivity (Wildman–Crippen MR) is 79.5 cm³/mol. The van der Waals surface area contributed by atoms with Crippen LogP contribution in [0.1, 0.15) is 16.8 Å². The first-order valence-electron chi connectivity index (χ1n) is 6.72. The van der Waals surface area contributed by atoms with Crippen LogP contribution < -0.4 is 10.0 Å². The van der Waals surface area contributed by atoms with Crippen LogP contribution in [0.25, 0.3) is 0 Å². The standard InChI is InChI=1S/C14H18N2O5S/c1-20-13(17)9-4-3-5-11(6-9)22(19)16-10-7-12(15-8-10)14(18)21-2/h3-6,10,12,15-16H,7-8H2,1-2H3/t10?,12-,22?/m0/s1. The summed E-state index contributed by atoms with van der Waals surface area (Å²) in [5.74, 6) is -0.810. The lowest BCUT2D eigenvalue weighted by atomic mass is 10.2. The summed E-state index contributed by atoms with van der Waals surface area (Å²) in [4.78, 5) is 23.4. The van der Waals surface area contributed by atoms with Crippen LogP contribution in [0.4, 0.5) is 0 Å². The van der Waals surface area contributed by atoms with Crippen LogP contribution in [-0.2, 0) is 25.3 Å². The molecular formula is C14H18N2O5S. The van der Waals surface area contributed by atoms with E-state index in [4.69, 9.17) is 0 Å². The van der Waals surface area contributed by atoms with E-state index >= 15 is 0 Å². The Balaban J connectivity index is 1.98. The van der Waals surface area contributed by atoms with Gasteiger partial charge in [0.1, 0.15) is 17.0 Å². The van der Waals surface area contributed by atoms with Gasteiger partial charge in [-0.25, -0.2) is 13.7 Å². The number of carbonyl (C=O) groups excluding carboxylic acids is 2. The lowest BCUT2D eigenvalue weighted by molar-refractivity contribution is -0.142. The van der Waals surface area contributed by atoms with E-state index in [9.17, 15) is 13.8 Å². The Kier molecular flexibility index (Phi) is 5.64. The van der Waals surface area contributed by atoms with Crippen molar-refractivity contribution in [2.24, 2.45) is 0 Å². The highest BCUT2D eigenvalue weighted by Gasteiger charge is 2.31. The molecular weight excluding hydrogens is 308 g/mol. The third-order valence-electron chi connectivity index (χ3n) is 3.36. The molecule has 1 aromatic rings. The maximum Gasteiger partial charge on any atom is 0.337 e. The van der Waals surface area contributed by atoms with Gasteiger partial charge in [0.15, 0.2) is 0 Å². The van der Waals surface area contributed by atoms with Gasteiger partial charge in [0, 0.05) is 12.6 Å². The number of hydrogen-bond acceptors (Lipinski definition) is 6. The van der Waals surface area contributed by atoms with Gasteiger partial charge in [0.25, 0.3) is 0 Å². The van der Waals surface area contributed by atoms with Crippen molar-refractivity contribution < 1.29 is 23.3 Å². The number of carbonyl (C=O) groups is 2. The lowest BCUT2D eigenvalue weighted by Crippen LogP contribution is -2.32. The van der Waals surface area contributed by atoms with Crippen LogP contribution in [0.3, 0.4) is 0 Å². The monoisotopic (exact) mass is 326 g/mol. The molecule has 22 heavy (non-hydrogen) atoms. The molecule has 0 saturated carbocycles. The zero-order valence-electron chi connectivity index (χ0n) is 12.3. The van der Waals surface area contributed by atoms with Crippen LogP contribution in [0.5, 0.6) is 0 Å². The molecule has 8 heteroatoms.